The number of piperidine rings is 1. The van der Waals surface area contributed by atoms with Gasteiger partial charge in [0.25, 0.3) is 0 Å². The first kappa shape index (κ1) is 10.4. The van der Waals surface area contributed by atoms with Gasteiger partial charge in [-0.05, 0) is 39.2 Å². The minimum atomic E-state index is -0.0545. The molecule has 3 heteroatoms. The lowest BCUT2D eigenvalue weighted by Crippen LogP contribution is -2.48. The van der Waals surface area contributed by atoms with Crippen molar-refractivity contribution in [3.05, 3.63) is 0 Å². The second-order valence-corrected chi connectivity index (χ2v) is 4.66. The molecule has 2 fully saturated rings. The molecule has 2 rings (SSSR count). The average molecular weight is 198 g/mol. The van der Waals surface area contributed by atoms with Crippen LogP contribution < -0.4 is 5.32 Å². The van der Waals surface area contributed by atoms with Gasteiger partial charge < -0.3 is 10.4 Å². The Labute approximate surface area is 86.5 Å². The summed E-state index contributed by atoms with van der Waals surface area (Å²) in [6.45, 7) is 2.32. The maximum Gasteiger partial charge on any atom is 0.0695 e. The van der Waals surface area contributed by atoms with Crippen molar-refractivity contribution in [2.75, 3.05) is 20.1 Å². The zero-order valence-corrected chi connectivity index (χ0v) is 9.08. The van der Waals surface area contributed by atoms with Crippen LogP contribution in [0.1, 0.15) is 32.1 Å². The van der Waals surface area contributed by atoms with Crippen molar-refractivity contribution in [2.45, 2.75) is 50.3 Å². The molecular formula is C11H22N2O. The van der Waals surface area contributed by atoms with Gasteiger partial charge in [-0.1, -0.05) is 0 Å². The molecule has 1 aliphatic heterocycles. The molecule has 82 valence electrons. The molecule has 3 nitrogen and oxygen atoms in total. The quantitative estimate of drug-likeness (QED) is 0.681. The van der Waals surface area contributed by atoms with Crippen LogP contribution in [0.3, 0.4) is 0 Å². The SMILES string of the molecule is CNC1CCN(C2CCCC2O)CC1. The Bertz CT molecular complexity index is 178. The zero-order chi connectivity index (χ0) is 9.97. The fourth-order valence-electron chi connectivity index (χ4n) is 2.87. The number of hydrogen-bond donors (Lipinski definition) is 2. The highest BCUT2D eigenvalue weighted by Gasteiger charge is 2.32. The van der Waals surface area contributed by atoms with Crippen LogP contribution in [0.25, 0.3) is 0 Å². The lowest BCUT2D eigenvalue weighted by Gasteiger charge is -2.37. The summed E-state index contributed by atoms with van der Waals surface area (Å²) in [6.07, 6.45) is 5.83. The fourth-order valence-corrected chi connectivity index (χ4v) is 2.87. The van der Waals surface area contributed by atoms with Crippen LogP contribution in [0.5, 0.6) is 0 Å². The lowest BCUT2D eigenvalue weighted by atomic mass is 10.0. The van der Waals surface area contributed by atoms with Gasteiger partial charge in [-0.3, -0.25) is 4.90 Å². The number of aliphatic hydroxyl groups excluding tert-OH is 1. The van der Waals surface area contributed by atoms with Crippen molar-refractivity contribution < 1.29 is 5.11 Å². The first-order chi connectivity index (χ1) is 6.81. The van der Waals surface area contributed by atoms with E-state index in [4.69, 9.17) is 0 Å². The van der Waals surface area contributed by atoms with E-state index in [1.165, 1.54) is 25.7 Å². The van der Waals surface area contributed by atoms with Crippen molar-refractivity contribution in [1.82, 2.24) is 10.2 Å². The zero-order valence-electron chi connectivity index (χ0n) is 9.08. The summed E-state index contributed by atoms with van der Waals surface area (Å²) < 4.78 is 0. The van der Waals surface area contributed by atoms with E-state index in [2.05, 4.69) is 10.2 Å². The minimum absolute atomic E-state index is 0.0545. The Morgan fingerprint density at radius 2 is 1.86 bits per heavy atom. The maximum atomic E-state index is 9.81. The third kappa shape index (κ3) is 2.10. The third-order valence-corrected chi connectivity index (χ3v) is 3.85. The van der Waals surface area contributed by atoms with E-state index in [9.17, 15) is 5.11 Å². The summed E-state index contributed by atoms with van der Waals surface area (Å²) >= 11 is 0. The minimum Gasteiger partial charge on any atom is -0.391 e. The van der Waals surface area contributed by atoms with Crippen LogP contribution in [-0.2, 0) is 0 Å². The maximum absolute atomic E-state index is 9.81. The molecule has 1 saturated heterocycles. The second kappa shape index (κ2) is 4.60. The summed E-state index contributed by atoms with van der Waals surface area (Å²) in [4.78, 5) is 2.49. The van der Waals surface area contributed by atoms with Gasteiger partial charge in [-0.25, -0.2) is 0 Å². The monoisotopic (exact) mass is 198 g/mol. The van der Waals surface area contributed by atoms with Gasteiger partial charge in [-0.2, -0.15) is 0 Å². The molecule has 0 spiro atoms. The largest absolute Gasteiger partial charge is 0.391 e. The molecule has 2 atom stereocenters. The van der Waals surface area contributed by atoms with Crippen LogP contribution in [0, 0.1) is 0 Å². The molecule has 2 N–H and O–H groups in total. The molecule has 0 amide bonds. The summed E-state index contributed by atoms with van der Waals surface area (Å²) in [6, 6.07) is 1.16. The van der Waals surface area contributed by atoms with Gasteiger partial charge in [0.1, 0.15) is 0 Å². The van der Waals surface area contributed by atoms with E-state index in [-0.39, 0.29) is 6.10 Å². The topological polar surface area (TPSA) is 35.5 Å². The highest BCUT2D eigenvalue weighted by atomic mass is 16.3. The van der Waals surface area contributed by atoms with Gasteiger partial charge in [0.15, 0.2) is 0 Å². The lowest BCUT2D eigenvalue weighted by molar-refractivity contribution is 0.0534. The van der Waals surface area contributed by atoms with Crippen LogP contribution in [0.2, 0.25) is 0 Å². The summed E-state index contributed by atoms with van der Waals surface area (Å²) in [7, 11) is 2.05. The van der Waals surface area contributed by atoms with Crippen LogP contribution in [0.4, 0.5) is 0 Å². The second-order valence-electron chi connectivity index (χ2n) is 4.66. The molecule has 1 aliphatic carbocycles. The number of rotatable bonds is 2. The Hall–Kier alpha value is -0.120. The van der Waals surface area contributed by atoms with E-state index in [1.54, 1.807) is 0 Å². The molecule has 1 saturated carbocycles. The normalized spacial score (nSPS) is 36.4. The van der Waals surface area contributed by atoms with Crippen LogP contribution >= 0.6 is 0 Å². The molecular weight excluding hydrogens is 176 g/mol. The van der Waals surface area contributed by atoms with Gasteiger partial charge in [0, 0.05) is 25.2 Å². The van der Waals surface area contributed by atoms with E-state index < -0.39 is 0 Å². The highest BCUT2D eigenvalue weighted by Crippen LogP contribution is 2.26. The molecule has 0 bridgehead atoms. The van der Waals surface area contributed by atoms with Gasteiger partial charge in [-0.15, -0.1) is 0 Å². The average Bonchev–Trinajstić information content (AvgIpc) is 2.65. The Kier molecular flexibility index (Phi) is 3.42. The molecule has 14 heavy (non-hydrogen) atoms. The first-order valence-corrected chi connectivity index (χ1v) is 5.90. The summed E-state index contributed by atoms with van der Waals surface area (Å²) in [5.41, 5.74) is 0. The first-order valence-electron chi connectivity index (χ1n) is 5.90. The number of aliphatic hydroxyl groups is 1. The Morgan fingerprint density at radius 1 is 1.14 bits per heavy atom. The van der Waals surface area contributed by atoms with Gasteiger partial charge in [0.2, 0.25) is 0 Å². The summed E-state index contributed by atoms with van der Waals surface area (Å²) in [5.74, 6) is 0. The molecule has 0 aromatic carbocycles. The standard InChI is InChI=1S/C11H22N2O/c1-12-9-5-7-13(8-6-9)10-3-2-4-11(10)14/h9-12,14H,2-8H2,1H3. The molecule has 2 aliphatic rings. The van der Waals surface area contributed by atoms with E-state index in [0.717, 1.165) is 19.5 Å². The van der Waals surface area contributed by atoms with Crippen molar-refractivity contribution >= 4 is 0 Å². The van der Waals surface area contributed by atoms with Crippen LogP contribution in [0.15, 0.2) is 0 Å². The van der Waals surface area contributed by atoms with Crippen molar-refractivity contribution in [1.29, 1.82) is 0 Å². The van der Waals surface area contributed by atoms with Gasteiger partial charge in [0.05, 0.1) is 6.10 Å². The highest BCUT2D eigenvalue weighted by molar-refractivity contribution is 4.88. The number of nitrogens with one attached hydrogen (secondary N) is 1. The van der Waals surface area contributed by atoms with Crippen LogP contribution in [-0.4, -0.2) is 48.3 Å². The van der Waals surface area contributed by atoms with Crippen molar-refractivity contribution in [3.63, 3.8) is 0 Å². The predicted octanol–water partition coefficient (Wildman–Crippen LogP) is 0.584. The Balaban J connectivity index is 1.82. The molecule has 0 aromatic heterocycles. The molecule has 0 aromatic rings. The molecule has 2 unspecified atom stereocenters. The van der Waals surface area contributed by atoms with Crippen molar-refractivity contribution in [2.24, 2.45) is 0 Å². The van der Waals surface area contributed by atoms with E-state index in [1.807, 2.05) is 7.05 Å². The Morgan fingerprint density at radius 3 is 2.36 bits per heavy atom. The fraction of sp³-hybridized carbons (Fsp3) is 1.00. The van der Waals surface area contributed by atoms with E-state index >= 15 is 0 Å². The van der Waals surface area contributed by atoms with Gasteiger partial charge >= 0.3 is 0 Å². The third-order valence-electron chi connectivity index (χ3n) is 3.85. The number of hydrogen-bond acceptors (Lipinski definition) is 3. The van der Waals surface area contributed by atoms with E-state index in [0.29, 0.717) is 12.1 Å². The number of nitrogens with zero attached hydrogens (tertiary/aromatic N) is 1. The molecule has 0 radical (unpaired) electrons. The van der Waals surface area contributed by atoms with Crippen molar-refractivity contribution in [3.8, 4) is 0 Å². The predicted molar refractivity (Wildman–Crippen MR) is 57.3 cm³/mol. The smallest absolute Gasteiger partial charge is 0.0695 e. The summed E-state index contributed by atoms with van der Waals surface area (Å²) in [5, 5.41) is 13.1. The molecule has 1 heterocycles. The number of likely N-dealkylation sites (tertiary alicyclic amines) is 1.